The van der Waals surface area contributed by atoms with Crippen LogP contribution in [0, 0.1) is 4.77 Å². The number of ether oxygens (including phenoxy) is 3. The third-order valence-corrected chi connectivity index (χ3v) is 3.96. The second kappa shape index (κ2) is 8.39. The van der Waals surface area contributed by atoms with Gasteiger partial charge in [0.05, 0.1) is 33.6 Å². The summed E-state index contributed by atoms with van der Waals surface area (Å²) in [7, 11) is 4.58. The smallest absolute Gasteiger partial charge is 0.252 e. The van der Waals surface area contributed by atoms with E-state index in [2.05, 4.69) is 9.98 Å². The Bertz CT molecular complexity index is 931. The van der Waals surface area contributed by atoms with Crippen molar-refractivity contribution >= 4 is 18.2 Å². The van der Waals surface area contributed by atoms with E-state index in [0.29, 0.717) is 41.6 Å². The highest BCUT2D eigenvalue weighted by molar-refractivity contribution is 7.71. The number of nitrogens with one attached hydrogen (secondary N) is 1. The highest BCUT2D eigenvalue weighted by Gasteiger charge is 2.17. The Balaban J connectivity index is 2.69. The Morgan fingerprint density at radius 1 is 1.12 bits per heavy atom. The topological polar surface area (TPSA) is 130 Å². The molecule has 10 heteroatoms. The molecule has 0 spiro atoms. The molecule has 0 saturated carbocycles. The number of H-pyrrole nitrogens is 1. The standard InChI is InChI=1S/C16H21N5O4S/c1-23-11-8-13(25-3)12(24-2)6-9(11)10-7-14(22)20-16(26)21(10)5-4-19-15(17)18/h6-8H,4-5H2,1-3H3,(H4,17,18,19)(H,20,22,26). The van der Waals surface area contributed by atoms with Crippen molar-refractivity contribution in [1.29, 1.82) is 0 Å². The molecule has 0 bridgehead atoms. The molecule has 0 aliphatic heterocycles. The van der Waals surface area contributed by atoms with Crippen LogP contribution in [-0.2, 0) is 6.54 Å². The van der Waals surface area contributed by atoms with Gasteiger partial charge in [0.25, 0.3) is 5.56 Å². The first kappa shape index (κ1) is 19.3. The summed E-state index contributed by atoms with van der Waals surface area (Å²) in [5.74, 6) is 1.47. The predicted octanol–water partition coefficient (Wildman–Crippen LogP) is 0.872. The summed E-state index contributed by atoms with van der Waals surface area (Å²) in [4.78, 5) is 18.5. The number of benzene rings is 1. The molecule has 0 atom stereocenters. The first-order valence-electron chi connectivity index (χ1n) is 7.61. The van der Waals surface area contributed by atoms with E-state index in [1.165, 1.54) is 27.4 Å². The van der Waals surface area contributed by atoms with Crippen LogP contribution in [0.2, 0.25) is 0 Å². The fraction of sp³-hybridized carbons (Fsp3) is 0.312. The lowest BCUT2D eigenvalue weighted by Crippen LogP contribution is -2.24. The van der Waals surface area contributed by atoms with Gasteiger partial charge >= 0.3 is 0 Å². The molecule has 140 valence electrons. The predicted molar refractivity (Wildman–Crippen MR) is 102 cm³/mol. The molecule has 2 rings (SSSR count). The van der Waals surface area contributed by atoms with E-state index in [1.54, 1.807) is 16.7 Å². The normalized spacial score (nSPS) is 10.3. The summed E-state index contributed by atoms with van der Waals surface area (Å²) in [6.07, 6.45) is 0. The second-order valence-electron chi connectivity index (χ2n) is 5.19. The number of aromatic nitrogens is 2. The van der Waals surface area contributed by atoms with E-state index in [-0.39, 0.29) is 16.3 Å². The van der Waals surface area contributed by atoms with Crippen LogP contribution in [-0.4, -0.2) is 43.4 Å². The van der Waals surface area contributed by atoms with Gasteiger partial charge in [-0.2, -0.15) is 0 Å². The highest BCUT2D eigenvalue weighted by Crippen LogP contribution is 2.39. The van der Waals surface area contributed by atoms with Gasteiger partial charge in [-0.25, -0.2) is 0 Å². The van der Waals surface area contributed by atoms with E-state index in [4.69, 9.17) is 37.9 Å². The maximum absolute atomic E-state index is 12.0. The first-order chi connectivity index (χ1) is 12.4. The van der Waals surface area contributed by atoms with Crippen LogP contribution in [0.4, 0.5) is 0 Å². The molecule has 1 aromatic heterocycles. The SMILES string of the molecule is COc1cc(OC)c(-c2cc(=O)[nH]c(=S)n2CCN=C(N)N)cc1OC. The van der Waals surface area contributed by atoms with Gasteiger partial charge in [-0.15, -0.1) is 0 Å². The van der Waals surface area contributed by atoms with E-state index in [1.807, 2.05) is 0 Å². The van der Waals surface area contributed by atoms with Crippen molar-refractivity contribution in [2.75, 3.05) is 27.9 Å². The van der Waals surface area contributed by atoms with Crippen molar-refractivity contribution in [3.8, 4) is 28.5 Å². The van der Waals surface area contributed by atoms with E-state index >= 15 is 0 Å². The molecule has 0 aliphatic rings. The zero-order chi connectivity index (χ0) is 19.3. The van der Waals surface area contributed by atoms with Gasteiger partial charge in [0.2, 0.25) is 0 Å². The zero-order valence-corrected chi connectivity index (χ0v) is 15.6. The molecule has 1 aromatic carbocycles. The average molecular weight is 379 g/mol. The van der Waals surface area contributed by atoms with Gasteiger partial charge in [0.1, 0.15) is 5.75 Å². The van der Waals surface area contributed by atoms with Crippen molar-refractivity contribution < 1.29 is 14.2 Å². The van der Waals surface area contributed by atoms with Crippen LogP contribution < -0.4 is 31.2 Å². The third-order valence-electron chi connectivity index (χ3n) is 3.63. The monoisotopic (exact) mass is 379 g/mol. The van der Waals surface area contributed by atoms with E-state index in [9.17, 15) is 4.79 Å². The largest absolute Gasteiger partial charge is 0.496 e. The summed E-state index contributed by atoms with van der Waals surface area (Å²) in [5.41, 5.74) is 11.6. The van der Waals surface area contributed by atoms with Crippen LogP contribution in [0.1, 0.15) is 0 Å². The second-order valence-corrected chi connectivity index (χ2v) is 5.58. The first-order valence-corrected chi connectivity index (χ1v) is 8.02. The number of hydrogen-bond acceptors (Lipinski definition) is 6. The Morgan fingerprint density at radius 3 is 2.31 bits per heavy atom. The van der Waals surface area contributed by atoms with Gasteiger partial charge in [-0.3, -0.25) is 14.8 Å². The number of rotatable bonds is 7. The summed E-state index contributed by atoms with van der Waals surface area (Å²) in [6.45, 7) is 0.658. The lowest BCUT2D eigenvalue weighted by atomic mass is 10.1. The van der Waals surface area contributed by atoms with Gasteiger partial charge in [-0.1, -0.05) is 0 Å². The van der Waals surface area contributed by atoms with Crippen molar-refractivity contribution in [1.82, 2.24) is 9.55 Å². The minimum atomic E-state index is -0.333. The molecule has 0 unspecified atom stereocenters. The Labute approximate surface area is 155 Å². The maximum atomic E-state index is 12.0. The summed E-state index contributed by atoms with van der Waals surface area (Å²) >= 11 is 5.30. The van der Waals surface area contributed by atoms with Crippen molar-refractivity contribution in [2.24, 2.45) is 16.5 Å². The third kappa shape index (κ3) is 4.14. The van der Waals surface area contributed by atoms with Crippen LogP contribution in [0.25, 0.3) is 11.3 Å². The maximum Gasteiger partial charge on any atom is 0.252 e. The molecule has 5 N–H and O–H groups in total. The van der Waals surface area contributed by atoms with Crippen LogP contribution in [0.3, 0.4) is 0 Å². The van der Waals surface area contributed by atoms with Gasteiger partial charge in [0.15, 0.2) is 22.2 Å². The molecule has 0 amide bonds. The molecule has 0 aliphatic carbocycles. The molecule has 1 heterocycles. The summed E-state index contributed by atoms with van der Waals surface area (Å²) in [6, 6.07) is 4.83. The molecule has 0 saturated heterocycles. The van der Waals surface area contributed by atoms with Crippen LogP contribution in [0.15, 0.2) is 28.0 Å². The molecule has 26 heavy (non-hydrogen) atoms. The minimum Gasteiger partial charge on any atom is -0.496 e. The molecular weight excluding hydrogens is 358 g/mol. The zero-order valence-electron chi connectivity index (χ0n) is 14.7. The average Bonchev–Trinajstić information content (AvgIpc) is 2.61. The number of guanidine groups is 1. The van der Waals surface area contributed by atoms with Crippen molar-refractivity contribution in [2.45, 2.75) is 6.54 Å². The number of aliphatic imine (C=N–C) groups is 1. The minimum absolute atomic E-state index is 0.0220. The molecular formula is C16H21N5O4S. The fourth-order valence-electron chi connectivity index (χ4n) is 2.47. The number of nitrogens with two attached hydrogens (primary N) is 2. The number of nitrogens with zero attached hydrogens (tertiary/aromatic N) is 2. The lowest BCUT2D eigenvalue weighted by molar-refractivity contribution is 0.349. The number of methoxy groups -OCH3 is 3. The van der Waals surface area contributed by atoms with E-state index in [0.717, 1.165) is 0 Å². The van der Waals surface area contributed by atoms with E-state index < -0.39 is 0 Å². The van der Waals surface area contributed by atoms with Crippen molar-refractivity contribution in [3.05, 3.63) is 33.3 Å². The van der Waals surface area contributed by atoms with Gasteiger partial charge in [0, 0.05) is 24.2 Å². The number of aromatic amines is 1. The summed E-state index contributed by atoms with van der Waals surface area (Å²) < 4.78 is 18.1. The Hall–Kier alpha value is -3.01. The van der Waals surface area contributed by atoms with Gasteiger partial charge < -0.3 is 30.2 Å². The molecule has 2 aromatic rings. The summed E-state index contributed by atoms with van der Waals surface area (Å²) in [5, 5.41) is 0. The van der Waals surface area contributed by atoms with Gasteiger partial charge in [-0.05, 0) is 18.3 Å². The highest BCUT2D eigenvalue weighted by atomic mass is 32.1. The molecule has 0 radical (unpaired) electrons. The molecule has 9 nitrogen and oxygen atoms in total. The quantitative estimate of drug-likeness (QED) is 0.370. The van der Waals surface area contributed by atoms with Crippen molar-refractivity contribution in [3.63, 3.8) is 0 Å². The lowest BCUT2D eigenvalue weighted by Gasteiger charge is -2.17. The fourth-order valence-corrected chi connectivity index (χ4v) is 2.76. The van der Waals surface area contributed by atoms with Crippen LogP contribution >= 0.6 is 12.2 Å². The van der Waals surface area contributed by atoms with Crippen LogP contribution in [0.5, 0.6) is 17.2 Å². The molecule has 0 fully saturated rings. The Morgan fingerprint density at radius 2 is 1.73 bits per heavy atom. The number of hydrogen-bond donors (Lipinski definition) is 3. The Kier molecular flexibility index (Phi) is 6.23.